The SMILES string of the molecule is Cc1cc(-c2cc(C(F)(F)F)nc(-n3cc(-c4ccc(S(=O)(=O)NC(C)(C)C)cc4)[nH]c3=O)n2)ccc1C(F)(F)F. The summed E-state index contributed by atoms with van der Waals surface area (Å²) in [6, 6.07) is 8.74. The number of aromatic amines is 1. The van der Waals surface area contributed by atoms with Gasteiger partial charge in [-0.15, -0.1) is 0 Å². The molecule has 4 aromatic rings. The van der Waals surface area contributed by atoms with Gasteiger partial charge in [0.2, 0.25) is 16.0 Å². The summed E-state index contributed by atoms with van der Waals surface area (Å²) in [4.78, 5) is 22.6. The molecule has 4 rings (SSSR count). The smallest absolute Gasteiger partial charge is 0.305 e. The van der Waals surface area contributed by atoms with Crippen LogP contribution in [0, 0.1) is 6.92 Å². The first-order valence-corrected chi connectivity index (χ1v) is 13.3. The number of alkyl halides is 6. The molecule has 2 aromatic heterocycles. The largest absolute Gasteiger partial charge is 0.433 e. The van der Waals surface area contributed by atoms with E-state index < -0.39 is 50.8 Å². The molecule has 8 nitrogen and oxygen atoms in total. The van der Waals surface area contributed by atoms with Gasteiger partial charge < -0.3 is 4.98 Å². The second-order valence-corrected chi connectivity index (χ2v) is 11.9. The van der Waals surface area contributed by atoms with E-state index in [2.05, 4.69) is 19.7 Å². The molecule has 0 amide bonds. The number of halogens is 6. The fourth-order valence-electron chi connectivity index (χ4n) is 3.94. The fourth-order valence-corrected chi connectivity index (χ4v) is 5.36. The molecule has 0 unspecified atom stereocenters. The Morgan fingerprint density at radius 3 is 2.00 bits per heavy atom. The highest BCUT2D eigenvalue weighted by atomic mass is 32.2. The van der Waals surface area contributed by atoms with Gasteiger partial charge in [-0.05, 0) is 69.2 Å². The molecular weight excluding hydrogens is 576 g/mol. The molecule has 0 aliphatic heterocycles. The minimum atomic E-state index is -4.96. The lowest BCUT2D eigenvalue weighted by Gasteiger charge is -2.20. The summed E-state index contributed by atoms with van der Waals surface area (Å²) in [6.07, 6.45) is -8.48. The molecule has 0 saturated carbocycles. The number of sulfonamides is 1. The van der Waals surface area contributed by atoms with Gasteiger partial charge in [0.15, 0.2) is 5.69 Å². The third-order valence-corrected chi connectivity index (χ3v) is 7.46. The molecule has 218 valence electrons. The number of nitrogens with zero attached hydrogens (tertiary/aromatic N) is 3. The molecule has 2 heterocycles. The molecule has 41 heavy (non-hydrogen) atoms. The highest BCUT2D eigenvalue weighted by Gasteiger charge is 2.35. The molecule has 0 spiro atoms. The lowest BCUT2D eigenvalue weighted by Crippen LogP contribution is -2.40. The van der Waals surface area contributed by atoms with Crippen molar-refractivity contribution in [3.63, 3.8) is 0 Å². The number of H-pyrrole nitrogens is 1. The zero-order valence-electron chi connectivity index (χ0n) is 21.9. The van der Waals surface area contributed by atoms with E-state index in [-0.39, 0.29) is 27.4 Å². The Hall–Kier alpha value is -3.98. The van der Waals surface area contributed by atoms with Gasteiger partial charge in [0, 0.05) is 17.3 Å². The molecule has 2 N–H and O–H groups in total. The summed E-state index contributed by atoms with van der Waals surface area (Å²) in [6.45, 7) is 6.18. The van der Waals surface area contributed by atoms with Crippen molar-refractivity contribution in [1.29, 1.82) is 0 Å². The minimum Gasteiger partial charge on any atom is -0.305 e. The van der Waals surface area contributed by atoms with Crippen LogP contribution in [0.2, 0.25) is 0 Å². The Balaban J connectivity index is 1.76. The molecule has 0 fully saturated rings. The maximum absolute atomic E-state index is 13.7. The van der Waals surface area contributed by atoms with E-state index >= 15 is 0 Å². The average Bonchev–Trinajstić information content (AvgIpc) is 3.22. The van der Waals surface area contributed by atoms with Crippen molar-refractivity contribution in [2.45, 2.75) is 50.5 Å². The van der Waals surface area contributed by atoms with E-state index in [1.54, 1.807) is 20.8 Å². The van der Waals surface area contributed by atoms with Gasteiger partial charge in [-0.25, -0.2) is 32.5 Å². The second kappa shape index (κ2) is 10.1. The Morgan fingerprint density at radius 2 is 1.46 bits per heavy atom. The third kappa shape index (κ3) is 6.68. The van der Waals surface area contributed by atoms with Crippen LogP contribution in [-0.4, -0.2) is 33.5 Å². The first kappa shape index (κ1) is 30.0. The molecule has 0 radical (unpaired) electrons. The van der Waals surface area contributed by atoms with Gasteiger partial charge in [-0.1, -0.05) is 18.2 Å². The number of aromatic nitrogens is 4. The fraction of sp³-hybridized carbons (Fsp3) is 0.269. The summed E-state index contributed by atoms with van der Waals surface area (Å²) >= 11 is 0. The second-order valence-electron chi connectivity index (χ2n) is 10.2. The van der Waals surface area contributed by atoms with Crippen LogP contribution in [0.5, 0.6) is 0 Å². The Labute approximate surface area is 230 Å². The van der Waals surface area contributed by atoms with Crippen molar-refractivity contribution in [3.05, 3.63) is 82.0 Å². The predicted molar refractivity (Wildman–Crippen MR) is 138 cm³/mol. The summed E-state index contributed by atoms with van der Waals surface area (Å²) in [5.41, 5.74) is -4.17. The monoisotopic (exact) mass is 599 g/mol. The lowest BCUT2D eigenvalue weighted by molar-refractivity contribution is -0.141. The normalized spacial score (nSPS) is 13.0. The zero-order chi connectivity index (χ0) is 30.5. The van der Waals surface area contributed by atoms with Crippen LogP contribution < -0.4 is 10.4 Å². The van der Waals surface area contributed by atoms with Crippen LogP contribution in [0.3, 0.4) is 0 Å². The number of hydrogen-bond donors (Lipinski definition) is 2. The maximum Gasteiger partial charge on any atom is 0.433 e. The van der Waals surface area contributed by atoms with E-state index in [9.17, 15) is 39.6 Å². The molecule has 0 saturated heterocycles. The van der Waals surface area contributed by atoms with Crippen LogP contribution in [-0.2, 0) is 22.4 Å². The van der Waals surface area contributed by atoms with E-state index in [1.807, 2.05) is 0 Å². The van der Waals surface area contributed by atoms with E-state index in [0.29, 0.717) is 11.6 Å². The molecule has 0 aliphatic carbocycles. The first-order valence-electron chi connectivity index (χ1n) is 11.9. The lowest BCUT2D eigenvalue weighted by atomic mass is 10.0. The quantitative estimate of drug-likeness (QED) is 0.286. The molecule has 2 aromatic carbocycles. The zero-order valence-corrected chi connectivity index (χ0v) is 22.8. The Morgan fingerprint density at radius 1 is 0.854 bits per heavy atom. The molecule has 0 aliphatic rings. The third-order valence-electron chi connectivity index (χ3n) is 5.68. The summed E-state index contributed by atoms with van der Waals surface area (Å²) in [5, 5.41) is 0. The molecular formula is C26H23F6N5O3S. The van der Waals surface area contributed by atoms with Crippen LogP contribution >= 0.6 is 0 Å². The van der Waals surface area contributed by atoms with Crippen molar-refractivity contribution < 1.29 is 34.8 Å². The highest BCUT2D eigenvalue weighted by Crippen LogP contribution is 2.35. The summed E-state index contributed by atoms with van der Waals surface area (Å²) < 4.78 is 109. The van der Waals surface area contributed by atoms with Crippen LogP contribution in [0.1, 0.15) is 37.6 Å². The van der Waals surface area contributed by atoms with Crippen molar-refractivity contribution in [3.8, 4) is 28.5 Å². The van der Waals surface area contributed by atoms with Gasteiger partial charge in [-0.3, -0.25) is 0 Å². The van der Waals surface area contributed by atoms with Crippen molar-refractivity contribution in [2.75, 3.05) is 0 Å². The minimum absolute atomic E-state index is 0.0457. The van der Waals surface area contributed by atoms with E-state index in [4.69, 9.17) is 0 Å². The topological polar surface area (TPSA) is 110 Å². The number of benzene rings is 2. The molecule has 0 bridgehead atoms. The number of aryl methyl sites for hydroxylation is 1. The maximum atomic E-state index is 13.7. The number of rotatable bonds is 5. The standard InChI is InChI=1S/C26H23F6N5O3S/c1-14-11-16(7-10-18(14)25(27,28)29)19-12-21(26(30,31)32)35-22(33-19)37-13-20(34-23(37)38)15-5-8-17(9-6-15)41(39,40)36-24(2,3)4/h5-13,36H,1-4H3,(H,34,38). The van der Waals surface area contributed by atoms with Gasteiger partial charge in [0.25, 0.3) is 0 Å². The predicted octanol–water partition coefficient (Wildman–Crippen LogP) is 5.71. The van der Waals surface area contributed by atoms with Gasteiger partial charge >= 0.3 is 18.0 Å². The van der Waals surface area contributed by atoms with Gasteiger partial charge in [0.1, 0.15) is 0 Å². The van der Waals surface area contributed by atoms with Crippen molar-refractivity contribution in [2.24, 2.45) is 0 Å². The van der Waals surface area contributed by atoms with Crippen molar-refractivity contribution in [1.82, 2.24) is 24.2 Å². The number of imidazole rings is 1. The van der Waals surface area contributed by atoms with E-state index in [1.165, 1.54) is 24.3 Å². The van der Waals surface area contributed by atoms with Crippen molar-refractivity contribution >= 4 is 10.0 Å². The van der Waals surface area contributed by atoms with Gasteiger partial charge in [-0.2, -0.15) is 26.3 Å². The first-order chi connectivity index (χ1) is 18.7. The highest BCUT2D eigenvalue weighted by molar-refractivity contribution is 7.89. The summed E-state index contributed by atoms with van der Waals surface area (Å²) in [7, 11) is -3.84. The number of hydrogen-bond acceptors (Lipinski definition) is 5. The van der Waals surface area contributed by atoms with E-state index in [0.717, 1.165) is 35.9 Å². The van der Waals surface area contributed by atoms with Crippen LogP contribution in [0.4, 0.5) is 26.3 Å². The Bertz CT molecular complexity index is 1770. The van der Waals surface area contributed by atoms with Crippen LogP contribution in [0.15, 0.2) is 64.4 Å². The van der Waals surface area contributed by atoms with Crippen LogP contribution in [0.25, 0.3) is 28.5 Å². The van der Waals surface area contributed by atoms with Gasteiger partial charge in [0.05, 0.1) is 21.8 Å². The molecule has 0 atom stereocenters. The number of nitrogens with one attached hydrogen (secondary N) is 2. The summed E-state index contributed by atoms with van der Waals surface area (Å²) in [5.74, 6) is -0.673. The molecule has 15 heteroatoms. The Kier molecular flexibility index (Phi) is 7.41. The average molecular weight is 600 g/mol.